The highest BCUT2D eigenvalue weighted by Gasteiger charge is 2.28. The molecule has 0 heterocycles. The molecule has 0 bridgehead atoms. The third-order valence-corrected chi connectivity index (χ3v) is 5.56. The van der Waals surface area contributed by atoms with Crippen molar-refractivity contribution in [3.05, 3.63) is 35.9 Å². The molecule has 1 aromatic carbocycles. The molecule has 0 aromatic heterocycles. The molecule has 10 nitrogen and oxygen atoms in total. The minimum absolute atomic E-state index is 0.184. The summed E-state index contributed by atoms with van der Waals surface area (Å²) < 4.78 is 16.0. The summed E-state index contributed by atoms with van der Waals surface area (Å²) in [5.74, 6) is -1.19. The zero-order chi connectivity index (χ0) is 30.2. The molecule has 10 heteroatoms. The van der Waals surface area contributed by atoms with E-state index in [1.165, 1.54) is 0 Å². The fourth-order valence-electron chi connectivity index (χ4n) is 3.67. The zero-order valence-electron chi connectivity index (χ0n) is 25.0. The van der Waals surface area contributed by atoms with Crippen molar-refractivity contribution in [1.29, 1.82) is 0 Å². The van der Waals surface area contributed by atoms with E-state index in [2.05, 4.69) is 10.6 Å². The van der Waals surface area contributed by atoms with Gasteiger partial charge in [-0.2, -0.15) is 0 Å². The number of benzene rings is 1. The Labute approximate surface area is 239 Å². The normalized spacial score (nSPS) is 13.1. The van der Waals surface area contributed by atoms with E-state index in [-0.39, 0.29) is 12.6 Å². The maximum Gasteiger partial charge on any atom is 0.407 e. The topological polar surface area (TPSA) is 146 Å². The van der Waals surface area contributed by atoms with Gasteiger partial charge in [0.2, 0.25) is 5.91 Å². The third kappa shape index (κ3) is 17.4. The summed E-state index contributed by atoms with van der Waals surface area (Å²) in [6.45, 7) is 11.3. The van der Waals surface area contributed by atoms with Crippen LogP contribution in [0.4, 0.5) is 4.79 Å². The van der Waals surface area contributed by atoms with E-state index in [4.69, 9.17) is 19.9 Å². The minimum atomic E-state index is -0.852. The van der Waals surface area contributed by atoms with Crippen LogP contribution in [0.2, 0.25) is 0 Å². The first-order chi connectivity index (χ1) is 18.7. The van der Waals surface area contributed by atoms with E-state index >= 15 is 0 Å². The van der Waals surface area contributed by atoms with Crippen LogP contribution in [0, 0.1) is 0 Å². The Bertz CT molecular complexity index is 923. The molecule has 0 saturated carbocycles. The Hall–Kier alpha value is -3.14. The number of amides is 2. The van der Waals surface area contributed by atoms with Crippen molar-refractivity contribution >= 4 is 23.9 Å². The number of nitrogens with two attached hydrogens (primary N) is 1. The summed E-state index contributed by atoms with van der Waals surface area (Å²) in [6.07, 6.45) is 3.76. The Morgan fingerprint density at radius 3 is 2.08 bits per heavy atom. The van der Waals surface area contributed by atoms with Gasteiger partial charge >= 0.3 is 18.0 Å². The first-order valence-corrected chi connectivity index (χ1v) is 14.1. The number of nitrogens with one attached hydrogen (secondary N) is 2. The van der Waals surface area contributed by atoms with E-state index in [1.54, 1.807) is 20.8 Å². The van der Waals surface area contributed by atoms with Crippen LogP contribution < -0.4 is 16.4 Å². The molecule has 0 spiro atoms. The number of rotatable bonds is 16. The highest BCUT2D eigenvalue weighted by molar-refractivity contribution is 5.87. The first kappa shape index (κ1) is 34.9. The lowest BCUT2D eigenvalue weighted by molar-refractivity contribution is -0.159. The fourth-order valence-corrected chi connectivity index (χ4v) is 3.67. The summed E-state index contributed by atoms with van der Waals surface area (Å²) in [7, 11) is 0. The van der Waals surface area contributed by atoms with Crippen LogP contribution in [-0.4, -0.2) is 53.8 Å². The largest absolute Gasteiger partial charge is 0.460 e. The molecule has 1 rings (SSSR count). The van der Waals surface area contributed by atoms with E-state index in [0.717, 1.165) is 12.0 Å². The summed E-state index contributed by atoms with van der Waals surface area (Å²) in [4.78, 5) is 49.2. The lowest BCUT2D eigenvalue weighted by atomic mass is 10.0. The van der Waals surface area contributed by atoms with Crippen molar-refractivity contribution in [3.63, 3.8) is 0 Å². The molecule has 0 unspecified atom stereocenters. The van der Waals surface area contributed by atoms with Gasteiger partial charge < -0.3 is 30.6 Å². The quantitative estimate of drug-likeness (QED) is 0.151. The van der Waals surface area contributed by atoms with Crippen molar-refractivity contribution in [2.24, 2.45) is 5.73 Å². The van der Waals surface area contributed by atoms with Crippen LogP contribution in [0.5, 0.6) is 0 Å². The van der Waals surface area contributed by atoms with Crippen molar-refractivity contribution in [1.82, 2.24) is 10.6 Å². The van der Waals surface area contributed by atoms with Crippen molar-refractivity contribution in [2.75, 3.05) is 6.54 Å². The molecule has 2 atom stereocenters. The highest BCUT2D eigenvalue weighted by atomic mass is 16.6. The second-order valence-electron chi connectivity index (χ2n) is 11.9. The van der Waals surface area contributed by atoms with Gasteiger partial charge in [-0.1, -0.05) is 43.2 Å². The van der Waals surface area contributed by atoms with Gasteiger partial charge in [0.15, 0.2) is 0 Å². The summed E-state index contributed by atoms with van der Waals surface area (Å²) >= 11 is 0. The van der Waals surface area contributed by atoms with Crippen LogP contribution in [0.1, 0.15) is 98.5 Å². The predicted octanol–water partition coefficient (Wildman–Crippen LogP) is 4.53. The highest BCUT2D eigenvalue weighted by Crippen LogP contribution is 2.14. The average Bonchev–Trinajstić information content (AvgIpc) is 2.84. The predicted molar refractivity (Wildman–Crippen MR) is 153 cm³/mol. The lowest BCUT2D eigenvalue weighted by Crippen LogP contribution is -2.50. The number of carbonyl (C=O) groups is 4. The number of carbonyl (C=O) groups excluding carboxylic acids is 4. The van der Waals surface area contributed by atoms with Gasteiger partial charge in [-0.15, -0.1) is 0 Å². The second kappa shape index (κ2) is 17.5. The van der Waals surface area contributed by atoms with Crippen molar-refractivity contribution in [2.45, 2.75) is 123 Å². The zero-order valence-corrected chi connectivity index (χ0v) is 25.0. The number of unbranched alkanes of at least 4 members (excludes halogenated alkanes) is 3. The molecule has 0 aliphatic carbocycles. The van der Waals surface area contributed by atoms with Gasteiger partial charge in [-0.25, -0.2) is 9.59 Å². The molecule has 0 saturated heterocycles. The van der Waals surface area contributed by atoms with Crippen molar-refractivity contribution in [3.8, 4) is 0 Å². The first-order valence-electron chi connectivity index (χ1n) is 14.1. The van der Waals surface area contributed by atoms with Crippen molar-refractivity contribution < 1.29 is 33.4 Å². The van der Waals surface area contributed by atoms with E-state index in [1.807, 2.05) is 51.1 Å². The molecule has 226 valence electrons. The van der Waals surface area contributed by atoms with E-state index < -0.39 is 41.3 Å². The van der Waals surface area contributed by atoms with Crippen LogP contribution in [-0.2, 0) is 35.2 Å². The molecule has 0 aliphatic heterocycles. The average molecular weight is 564 g/mol. The molecular formula is C30H49N3O7. The smallest absolute Gasteiger partial charge is 0.407 e. The van der Waals surface area contributed by atoms with E-state index in [0.29, 0.717) is 51.5 Å². The number of hydrogen-bond acceptors (Lipinski definition) is 8. The molecule has 0 radical (unpaired) electrons. The van der Waals surface area contributed by atoms with Gasteiger partial charge in [0, 0.05) is 13.0 Å². The van der Waals surface area contributed by atoms with Crippen LogP contribution in [0.25, 0.3) is 0 Å². The summed E-state index contributed by atoms with van der Waals surface area (Å²) in [5.41, 5.74) is 5.76. The fraction of sp³-hybridized carbons (Fsp3) is 0.667. The molecule has 40 heavy (non-hydrogen) atoms. The Kier molecular flexibility index (Phi) is 15.3. The molecule has 4 N–H and O–H groups in total. The third-order valence-electron chi connectivity index (χ3n) is 5.56. The molecule has 2 amide bonds. The number of ether oxygens (including phenoxy) is 3. The van der Waals surface area contributed by atoms with Gasteiger partial charge in [-0.3, -0.25) is 9.59 Å². The van der Waals surface area contributed by atoms with Gasteiger partial charge in [0.05, 0.1) is 6.04 Å². The maximum absolute atomic E-state index is 12.8. The Morgan fingerprint density at radius 1 is 0.825 bits per heavy atom. The van der Waals surface area contributed by atoms with Crippen LogP contribution in [0.15, 0.2) is 30.3 Å². The molecule has 0 fully saturated rings. The standard InChI is InChI=1S/C30H49N3O7/c1-29(2,3)39-25(34)19-12-8-11-17-23(31)26(35)33-24(27(36)40-30(4,5)6)18-13-14-20-32-28(37)38-21-22-15-9-7-10-16-22/h7,9-10,15-16,23-24H,8,11-14,17-21,31H2,1-6H3,(H,32,37)(H,33,35)/t23-,24-/m0/s1. The lowest BCUT2D eigenvalue weighted by Gasteiger charge is -2.25. The van der Waals surface area contributed by atoms with Gasteiger partial charge in [-0.05, 0) is 79.2 Å². The van der Waals surface area contributed by atoms with Crippen LogP contribution >= 0.6 is 0 Å². The monoisotopic (exact) mass is 563 g/mol. The number of esters is 2. The molecule has 1 aromatic rings. The summed E-state index contributed by atoms with van der Waals surface area (Å²) in [6, 6.07) is 7.74. The second-order valence-corrected chi connectivity index (χ2v) is 11.9. The Balaban J connectivity index is 2.42. The summed E-state index contributed by atoms with van der Waals surface area (Å²) in [5, 5.41) is 5.43. The molecular weight excluding hydrogens is 514 g/mol. The number of alkyl carbamates (subject to hydrolysis) is 1. The van der Waals surface area contributed by atoms with Gasteiger partial charge in [0.1, 0.15) is 23.9 Å². The Morgan fingerprint density at radius 2 is 1.45 bits per heavy atom. The maximum atomic E-state index is 12.8. The van der Waals surface area contributed by atoms with Gasteiger partial charge in [0.25, 0.3) is 0 Å². The SMILES string of the molecule is CC(C)(C)OC(=O)CCCCC[C@H](N)C(=O)N[C@@H](CCCCNC(=O)OCc1ccccc1)C(=O)OC(C)(C)C. The molecule has 0 aliphatic rings. The minimum Gasteiger partial charge on any atom is -0.460 e. The number of hydrogen-bond donors (Lipinski definition) is 3. The van der Waals surface area contributed by atoms with Crippen LogP contribution in [0.3, 0.4) is 0 Å². The van der Waals surface area contributed by atoms with E-state index in [9.17, 15) is 19.2 Å².